The van der Waals surface area contributed by atoms with Gasteiger partial charge >= 0.3 is 0 Å². The monoisotopic (exact) mass is 457 g/mol. The molecule has 2 aliphatic rings. The van der Waals surface area contributed by atoms with Crippen LogP contribution >= 0.6 is 24.0 Å². The van der Waals surface area contributed by atoms with E-state index < -0.39 is 0 Å². The second-order valence-corrected chi connectivity index (χ2v) is 9.31. The number of hydrogen-bond acceptors (Lipinski definition) is 5. The fourth-order valence-corrected chi connectivity index (χ4v) is 5.35. The largest absolute Gasteiger partial charge is 0.493 e. The highest BCUT2D eigenvalue weighted by Crippen LogP contribution is 2.38. The molecule has 2 aromatic carbocycles. The van der Waals surface area contributed by atoms with Crippen LogP contribution in [0.4, 0.5) is 4.39 Å². The highest BCUT2D eigenvalue weighted by molar-refractivity contribution is 8.26. The molecule has 0 unspecified atom stereocenters. The maximum atomic E-state index is 13.8. The molecular formula is C24H24FNO3S2. The number of benzene rings is 2. The number of thioether (sulfide) groups is 1. The fourth-order valence-electron chi connectivity index (χ4n) is 3.95. The average Bonchev–Trinajstić information content (AvgIpc) is 3.07. The summed E-state index contributed by atoms with van der Waals surface area (Å²) in [4.78, 5) is 15.4. The molecule has 1 saturated heterocycles. The van der Waals surface area contributed by atoms with Crippen LogP contribution in [0.3, 0.4) is 0 Å². The van der Waals surface area contributed by atoms with E-state index in [1.165, 1.54) is 24.2 Å². The average molecular weight is 458 g/mol. The van der Waals surface area contributed by atoms with Gasteiger partial charge in [0.15, 0.2) is 11.5 Å². The number of rotatable bonds is 6. The minimum absolute atomic E-state index is 0.0132. The maximum absolute atomic E-state index is 13.8. The van der Waals surface area contributed by atoms with Crippen molar-refractivity contribution in [3.8, 4) is 11.5 Å². The number of ether oxygens (including phenoxy) is 2. The Morgan fingerprint density at radius 1 is 1.16 bits per heavy atom. The number of carbonyl (C=O) groups is 1. The Morgan fingerprint density at radius 3 is 2.68 bits per heavy atom. The van der Waals surface area contributed by atoms with E-state index in [2.05, 4.69) is 0 Å². The number of nitrogens with zero attached hydrogens (tertiary/aromatic N) is 1. The lowest BCUT2D eigenvalue weighted by atomic mass is 9.94. The van der Waals surface area contributed by atoms with Crippen LogP contribution < -0.4 is 9.47 Å². The van der Waals surface area contributed by atoms with Crippen LogP contribution in [0.15, 0.2) is 47.4 Å². The number of halogens is 1. The van der Waals surface area contributed by atoms with E-state index in [0.717, 1.165) is 31.2 Å². The zero-order valence-electron chi connectivity index (χ0n) is 17.3. The van der Waals surface area contributed by atoms with Crippen molar-refractivity contribution >= 4 is 40.3 Å². The summed E-state index contributed by atoms with van der Waals surface area (Å²) in [5.41, 5.74) is 1.29. The molecule has 162 valence electrons. The molecule has 0 bridgehead atoms. The Kier molecular flexibility index (Phi) is 6.92. The molecule has 1 amide bonds. The lowest BCUT2D eigenvalue weighted by molar-refractivity contribution is -0.124. The Bertz CT molecular complexity index is 1020. The summed E-state index contributed by atoms with van der Waals surface area (Å²) in [6, 6.07) is 12.2. The molecule has 0 aromatic heterocycles. The van der Waals surface area contributed by atoms with Crippen LogP contribution in [0, 0.1) is 5.82 Å². The summed E-state index contributed by atoms with van der Waals surface area (Å²) >= 11 is 6.86. The molecule has 0 spiro atoms. The first kappa shape index (κ1) is 21.8. The summed E-state index contributed by atoms with van der Waals surface area (Å²) in [5.74, 6) is 0.712. The molecule has 0 N–H and O–H groups in total. The van der Waals surface area contributed by atoms with Crippen LogP contribution in [0.25, 0.3) is 6.08 Å². The van der Waals surface area contributed by atoms with Crippen molar-refractivity contribution in [2.45, 2.75) is 44.8 Å². The summed E-state index contributed by atoms with van der Waals surface area (Å²) < 4.78 is 25.7. The Hall–Kier alpha value is -2.38. The van der Waals surface area contributed by atoms with E-state index >= 15 is 0 Å². The fraction of sp³-hybridized carbons (Fsp3) is 0.333. The first-order valence-corrected chi connectivity index (χ1v) is 11.6. The van der Waals surface area contributed by atoms with Gasteiger partial charge in [0.05, 0.1) is 12.0 Å². The molecule has 4 rings (SSSR count). The standard InChI is InChI=1S/C24H24FNO3S2/c1-28-21-13-16(11-12-20(21)29-15-17-7-5-6-10-19(17)25)14-22-23(27)26(24(30)31-22)18-8-3-2-4-9-18/h5-7,10-14,18H,2-4,8-9,15H2,1H3/b22-14-. The predicted molar refractivity (Wildman–Crippen MR) is 126 cm³/mol. The van der Waals surface area contributed by atoms with Crippen LogP contribution in [0.2, 0.25) is 0 Å². The van der Waals surface area contributed by atoms with Gasteiger partial charge in [-0.15, -0.1) is 0 Å². The third kappa shape index (κ3) is 4.93. The number of carbonyl (C=O) groups excluding carboxylic acids is 1. The summed E-state index contributed by atoms with van der Waals surface area (Å²) in [5, 5.41) is 0. The summed E-state index contributed by atoms with van der Waals surface area (Å²) in [6.45, 7) is 0.0996. The van der Waals surface area contributed by atoms with Gasteiger partial charge in [0.2, 0.25) is 0 Å². The van der Waals surface area contributed by atoms with Crippen molar-refractivity contribution in [1.29, 1.82) is 0 Å². The van der Waals surface area contributed by atoms with Gasteiger partial charge in [0.1, 0.15) is 16.7 Å². The zero-order valence-corrected chi connectivity index (χ0v) is 18.9. The molecule has 1 aliphatic heterocycles. The predicted octanol–water partition coefficient (Wildman–Crippen LogP) is 5.95. The van der Waals surface area contributed by atoms with Crippen LogP contribution in [0.5, 0.6) is 11.5 Å². The van der Waals surface area contributed by atoms with Crippen molar-refractivity contribution < 1.29 is 18.7 Å². The lowest BCUT2D eigenvalue weighted by Gasteiger charge is -2.29. The SMILES string of the molecule is COc1cc(/C=C2\SC(=S)N(C3CCCCC3)C2=O)ccc1OCc1ccccc1F. The van der Waals surface area contributed by atoms with Gasteiger partial charge in [-0.05, 0) is 42.7 Å². The van der Waals surface area contributed by atoms with E-state index in [1.54, 1.807) is 36.3 Å². The van der Waals surface area contributed by atoms with Crippen molar-refractivity contribution in [3.05, 3.63) is 64.3 Å². The summed E-state index contributed by atoms with van der Waals surface area (Å²) in [6.07, 6.45) is 7.39. The van der Waals surface area contributed by atoms with Crippen LogP contribution in [-0.2, 0) is 11.4 Å². The molecule has 1 heterocycles. The van der Waals surface area contributed by atoms with Gasteiger partial charge < -0.3 is 9.47 Å². The number of thiocarbonyl (C=S) groups is 1. The highest BCUT2D eigenvalue weighted by Gasteiger charge is 2.37. The Morgan fingerprint density at radius 2 is 1.94 bits per heavy atom. The highest BCUT2D eigenvalue weighted by atomic mass is 32.2. The summed E-state index contributed by atoms with van der Waals surface area (Å²) in [7, 11) is 1.55. The first-order valence-electron chi connectivity index (χ1n) is 10.4. The Balaban J connectivity index is 1.49. The van der Waals surface area contributed by atoms with E-state index in [4.69, 9.17) is 21.7 Å². The molecule has 0 atom stereocenters. The van der Waals surface area contributed by atoms with Crippen molar-refractivity contribution in [1.82, 2.24) is 4.90 Å². The molecule has 7 heteroatoms. The number of hydrogen-bond donors (Lipinski definition) is 0. The zero-order chi connectivity index (χ0) is 21.8. The molecule has 1 aliphatic carbocycles. The molecule has 0 radical (unpaired) electrons. The number of methoxy groups -OCH3 is 1. The van der Waals surface area contributed by atoms with Crippen LogP contribution in [-0.4, -0.2) is 28.3 Å². The van der Waals surface area contributed by atoms with E-state index in [0.29, 0.717) is 26.3 Å². The third-order valence-corrected chi connectivity index (χ3v) is 6.92. The quantitative estimate of drug-likeness (QED) is 0.396. The smallest absolute Gasteiger partial charge is 0.266 e. The second kappa shape index (κ2) is 9.83. The third-order valence-electron chi connectivity index (χ3n) is 5.59. The molecule has 31 heavy (non-hydrogen) atoms. The molecule has 2 aromatic rings. The minimum Gasteiger partial charge on any atom is -0.493 e. The van der Waals surface area contributed by atoms with Gasteiger partial charge in [-0.1, -0.05) is 67.5 Å². The minimum atomic E-state index is -0.307. The van der Waals surface area contributed by atoms with E-state index in [9.17, 15) is 9.18 Å². The normalized spacial score (nSPS) is 18.6. The van der Waals surface area contributed by atoms with Gasteiger partial charge in [0.25, 0.3) is 5.91 Å². The number of amides is 1. The molecule has 2 fully saturated rings. The van der Waals surface area contributed by atoms with Gasteiger partial charge in [-0.3, -0.25) is 9.69 Å². The van der Waals surface area contributed by atoms with Crippen molar-refractivity contribution in [3.63, 3.8) is 0 Å². The first-order chi connectivity index (χ1) is 15.1. The molecular weight excluding hydrogens is 433 g/mol. The van der Waals surface area contributed by atoms with Gasteiger partial charge in [0, 0.05) is 11.6 Å². The van der Waals surface area contributed by atoms with E-state index in [-0.39, 0.29) is 24.4 Å². The van der Waals surface area contributed by atoms with Crippen molar-refractivity contribution in [2.75, 3.05) is 7.11 Å². The lowest BCUT2D eigenvalue weighted by Crippen LogP contribution is -2.39. The maximum Gasteiger partial charge on any atom is 0.266 e. The molecule has 4 nitrogen and oxygen atoms in total. The second-order valence-electron chi connectivity index (χ2n) is 7.63. The van der Waals surface area contributed by atoms with Crippen LogP contribution in [0.1, 0.15) is 43.2 Å². The molecule has 1 saturated carbocycles. The van der Waals surface area contributed by atoms with Gasteiger partial charge in [-0.25, -0.2) is 4.39 Å². The van der Waals surface area contributed by atoms with Crippen molar-refractivity contribution in [2.24, 2.45) is 0 Å². The topological polar surface area (TPSA) is 38.8 Å². The van der Waals surface area contributed by atoms with E-state index in [1.807, 2.05) is 18.2 Å². The van der Waals surface area contributed by atoms with Gasteiger partial charge in [-0.2, -0.15) is 0 Å². The Labute approximate surface area is 191 Å².